The first-order chi connectivity index (χ1) is 7.67. The maximum atomic E-state index is 10.8. The van der Waals surface area contributed by atoms with Gasteiger partial charge in [0.2, 0.25) is 5.91 Å². The van der Waals surface area contributed by atoms with E-state index in [0.29, 0.717) is 6.61 Å². The van der Waals surface area contributed by atoms with Crippen LogP contribution in [0.2, 0.25) is 0 Å². The second-order valence-corrected chi connectivity index (χ2v) is 3.73. The summed E-state index contributed by atoms with van der Waals surface area (Å²) in [6.07, 6.45) is 2.61. The number of hydrogen-bond acceptors (Lipinski definition) is 3. The van der Waals surface area contributed by atoms with Gasteiger partial charge >= 0.3 is 6.09 Å². The van der Waals surface area contributed by atoms with Gasteiger partial charge in [-0.25, -0.2) is 4.48 Å². The van der Waals surface area contributed by atoms with Gasteiger partial charge in [-0.1, -0.05) is 12.7 Å². The molecule has 0 bridgehead atoms. The molecule has 0 radical (unpaired) electrons. The Morgan fingerprint density at radius 1 is 1.28 bits per heavy atom. The molecule has 0 spiro atoms. The zero-order chi connectivity index (χ0) is 14.5. The quantitative estimate of drug-likeness (QED) is 0.388. The number of nitrogens with two attached hydrogens (primary N) is 1. The predicted octanol–water partition coefficient (Wildman–Crippen LogP) is -1.30. The fourth-order valence-electron chi connectivity index (χ4n) is 0.317. The van der Waals surface area contributed by atoms with Crippen molar-refractivity contribution in [3.05, 3.63) is 25.3 Å². The number of carbonyl (C=O) groups excluding carboxylic acids is 2. The molecule has 0 rings (SSSR count). The zero-order valence-electron chi connectivity index (χ0n) is 11.9. The van der Waals surface area contributed by atoms with E-state index in [1.165, 1.54) is 0 Å². The fourth-order valence-corrected chi connectivity index (χ4v) is 0.317. The molecule has 0 aromatic heterocycles. The molecule has 2 N–H and O–H groups in total. The predicted molar refractivity (Wildman–Crippen MR) is 70.3 cm³/mol. The SMILES string of the molecule is C=CC.C=CC(N)=O.CCOC(=O)[N+](C)(C)C.[Cl-]. The second-order valence-electron chi connectivity index (χ2n) is 3.73. The molecule has 0 aliphatic rings. The normalized spacial score (nSPS) is 8.06. The number of nitrogens with zero attached hydrogens (tertiary/aromatic N) is 1. The summed E-state index contributed by atoms with van der Waals surface area (Å²) in [6.45, 7) is 10.6. The molecule has 2 amide bonds. The van der Waals surface area contributed by atoms with Gasteiger partial charge in [0.25, 0.3) is 0 Å². The number of quaternary nitrogens is 1. The van der Waals surface area contributed by atoms with E-state index in [0.717, 1.165) is 6.08 Å². The summed E-state index contributed by atoms with van der Waals surface area (Å²) >= 11 is 0. The summed E-state index contributed by atoms with van der Waals surface area (Å²) < 4.78 is 4.97. The molecule has 0 aromatic carbocycles. The Morgan fingerprint density at radius 2 is 1.56 bits per heavy atom. The third-order valence-corrected chi connectivity index (χ3v) is 1.02. The van der Waals surface area contributed by atoms with Crippen molar-refractivity contribution in [2.75, 3.05) is 27.7 Å². The molecule has 0 aromatic rings. The summed E-state index contributed by atoms with van der Waals surface area (Å²) in [7, 11) is 5.33. The number of ether oxygens (including phenoxy) is 1. The average Bonchev–Trinajstić information content (AvgIpc) is 2.19. The van der Waals surface area contributed by atoms with Crippen molar-refractivity contribution < 1.29 is 31.2 Å². The third kappa shape index (κ3) is 29.3. The number of rotatable bonds is 2. The Morgan fingerprint density at radius 3 is 1.61 bits per heavy atom. The number of primary amides is 1. The van der Waals surface area contributed by atoms with Gasteiger partial charge in [0.15, 0.2) is 0 Å². The molecule has 0 atom stereocenters. The maximum Gasteiger partial charge on any atom is 0.515 e. The van der Waals surface area contributed by atoms with Gasteiger partial charge in [0.05, 0.1) is 27.7 Å². The van der Waals surface area contributed by atoms with E-state index in [9.17, 15) is 9.59 Å². The summed E-state index contributed by atoms with van der Waals surface area (Å²) in [5, 5.41) is 0. The van der Waals surface area contributed by atoms with Crippen LogP contribution in [-0.2, 0) is 9.53 Å². The van der Waals surface area contributed by atoms with E-state index < -0.39 is 5.91 Å². The lowest BCUT2D eigenvalue weighted by atomic mass is 10.6. The lowest BCUT2D eigenvalue weighted by Crippen LogP contribution is -3.00. The van der Waals surface area contributed by atoms with Crippen molar-refractivity contribution >= 4 is 12.0 Å². The minimum atomic E-state index is -0.481. The minimum Gasteiger partial charge on any atom is -1.00 e. The van der Waals surface area contributed by atoms with Crippen LogP contribution in [0.25, 0.3) is 0 Å². The molecule has 0 aliphatic heterocycles. The largest absolute Gasteiger partial charge is 1.00 e. The van der Waals surface area contributed by atoms with Gasteiger partial charge in [-0.05, 0) is 19.9 Å². The van der Waals surface area contributed by atoms with Crippen LogP contribution in [0.1, 0.15) is 13.8 Å². The van der Waals surface area contributed by atoms with Gasteiger partial charge in [-0.3, -0.25) is 4.79 Å². The molecular formula is C12H25ClN2O3. The molecule has 0 saturated carbocycles. The maximum absolute atomic E-state index is 10.8. The van der Waals surface area contributed by atoms with Gasteiger partial charge in [-0.15, -0.1) is 6.58 Å². The van der Waals surface area contributed by atoms with Gasteiger partial charge in [0, 0.05) is 0 Å². The van der Waals surface area contributed by atoms with Gasteiger partial charge in [0.1, 0.15) is 0 Å². The number of carbonyl (C=O) groups is 2. The fraction of sp³-hybridized carbons (Fsp3) is 0.500. The van der Waals surface area contributed by atoms with Crippen LogP contribution >= 0.6 is 0 Å². The Bertz CT molecular complexity index is 248. The van der Waals surface area contributed by atoms with Crippen LogP contribution in [-0.4, -0.2) is 44.2 Å². The highest BCUT2D eigenvalue weighted by Crippen LogP contribution is 1.94. The van der Waals surface area contributed by atoms with E-state index >= 15 is 0 Å². The van der Waals surface area contributed by atoms with Crippen LogP contribution in [0.4, 0.5) is 4.79 Å². The summed E-state index contributed by atoms with van der Waals surface area (Å²) in [6, 6.07) is 0. The highest BCUT2D eigenvalue weighted by molar-refractivity contribution is 5.84. The first-order valence-electron chi connectivity index (χ1n) is 5.14. The highest BCUT2D eigenvalue weighted by Gasteiger charge is 2.21. The standard InChI is InChI=1S/C6H14NO2.C3H5NO.C3H6.ClH/c1-5-9-6(8)7(2,3)4;1-2-3(4)5;1-3-2;/h5H2,1-4H3;2H,1H2,(H2,4,5);3H,1H2,2H3;1H/q+1;;;/p-1. The molecule has 0 heterocycles. The molecular weight excluding hydrogens is 256 g/mol. The van der Waals surface area contributed by atoms with E-state index in [4.69, 9.17) is 4.74 Å². The lowest BCUT2D eigenvalue weighted by molar-refractivity contribution is -0.795. The molecule has 6 heteroatoms. The monoisotopic (exact) mass is 280 g/mol. The third-order valence-electron chi connectivity index (χ3n) is 1.02. The summed E-state index contributed by atoms with van der Waals surface area (Å²) in [5.74, 6) is -0.481. The Labute approximate surface area is 116 Å². The topological polar surface area (TPSA) is 69.4 Å². The smallest absolute Gasteiger partial charge is 0.515 e. The van der Waals surface area contributed by atoms with Crippen molar-refractivity contribution in [1.29, 1.82) is 0 Å². The molecule has 0 fully saturated rings. The lowest BCUT2D eigenvalue weighted by Gasteiger charge is -2.18. The van der Waals surface area contributed by atoms with E-state index in [1.807, 2.05) is 6.92 Å². The Balaban J connectivity index is -0.0000000931. The van der Waals surface area contributed by atoms with Crippen LogP contribution < -0.4 is 18.1 Å². The molecule has 5 nitrogen and oxygen atoms in total. The highest BCUT2D eigenvalue weighted by atomic mass is 35.5. The number of hydrogen-bond donors (Lipinski definition) is 1. The van der Waals surface area contributed by atoms with E-state index in [2.05, 4.69) is 18.9 Å². The van der Waals surface area contributed by atoms with Gasteiger partial charge < -0.3 is 22.9 Å². The van der Waals surface area contributed by atoms with Crippen LogP contribution in [0.3, 0.4) is 0 Å². The molecule has 18 heavy (non-hydrogen) atoms. The van der Waals surface area contributed by atoms with Crippen LogP contribution in [0, 0.1) is 0 Å². The van der Waals surface area contributed by atoms with E-state index in [1.54, 1.807) is 34.1 Å². The Kier molecular flexibility index (Phi) is 22.2. The Hall–Kier alpha value is -1.33. The number of halogens is 1. The number of allylic oxidation sites excluding steroid dienone is 1. The first-order valence-corrected chi connectivity index (χ1v) is 5.14. The summed E-state index contributed by atoms with van der Waals surface area (Å²) in [4.78, 5) is 20.3. The second kappa shape index (κ2) is 15.7. The molecule has 0 saturated heterocycles. The first kappa shape index (κ1) is 25.5. The molecule has 0 unspecified atom stereocenters. The van der Waals surface area contributed by atoms with Crippen molar-refractivity contribution in [1.82, 2.24) is 0 Å². The molecule has 0 aliphatic carbocycles. The molecule has 108 valence electrons. The van der Waals surface area contributed by atoms with Crippen molar-refractivity contribution in [3.8, 4) is 0 Å². The van der Waals surface area contributed by atoms with Gasteiger partial charge in [-0.2, -0.15) is 4.79 Å². The van der Waals surface area contributed by atoms with Crippen molar-refractivity contribution in [2.45, 2.75) is 13.8 Å². The number of amides is 2. The van der Waals surface area contributed by atoms with Crippen molar-refractivity contribution in [2.24, 2.45) is 5.73 Å². The van der Waals surface area contributed by atoms with E-state index in [-0.39, 0.29) is 23.0 Å². The summed E-state index contributed by atoms with van der Waals surface area (Å²) in [5.41, 5.74) is 4.53. The minimum absolute atomic E-state index is 0. The van der Waals surface area contributed by atoms with Crippen LogP contribution in [0.15, 0.2) is 25.3 Å². The zero-order valence-corrected chi connectivity index (χ0v) is 12.7. The van der Waals surface area contributed by atoms with Crippen LogP contribution in [0.5, 0.6) is 0 Å². The van der Waals surface area contributed by atoms with Crippen molar-refractivity contribution in [3.63, 3.8) is 0 Å². The average molecular weight is 281 g/mol.